The largest absolute Gasteiger partial charge is 0.373 e. The summed E-state index contributed by atoms with van der Waals surface area (Å²) in [6.45, 7) is 2.36. The highest BCUT2D eigenvalue weighted by atomic mass is 32.1. The molecule has 162 valence electrons. The molecule has 5 rings (SSSR count). The van der Waals surface area contributed by atoms with Crippen molar-refractivity contribution in [2.75, 3.05) is 18.9 Å². The fraction of sp³-hybridized carbons (Fsp3) is 0.238. The molecule has 0 aliphatic carbocycles. The Labute approximate surface area is 187 Å². The number of aromatic nitrogens is 5. The molecule has 1 saturated heterocycles. The molecule has 32 heavy (non-hydrogen) atoms. The van der Waals surface area contributed by atoms with E-state index in [2.05, 4.69) is 29.8 Å². The molecule has 11 heteroatoms. The Hall–Kier alpha value is -3.70. The molecular formula is C21H19N7O3S. The van der Waals surface area contributed by atoms with Crippen LogP contribution in [0.2, 0.25) is 0 Å². The molecule has 0 saturated carbocycles. The van der Waals surface area contributed by atoms with Crippen LogP contribution in [0.5, 0.6) is 0 Å². The topological polar surface area (TPSA) is 130 Å². The average Bonchev–Trinajstić information content (AvgIpc) is 3.52. The van der Waals surface area contributed by atoms with Gasteiger partial charge in [-0.15, -0.1) is 0 Å². The lowest BCUT2D eigenvalue weighted by Gasteiger charge is -2.16. The van der Waals surface area contributed by atoms with Crippen molar-refractivity contribution in [2.45, 2.75) is 18.9 Å². The molecule has 4 aromatic heterocycles. The molecule has 0 aromatic carbocycles. The van der Waals surface area contributed by atoms with Crippen molar-refractivity contribution in [2.24, 2.45) is 0 Å². The first-order valence-corrected chi connectivity index (χ1v) is 10.7. The van der Waals surface area contributed by atoms with Crippen molar-refractivity contribution >= 4 is 29.1 Å². The number of nitrogens with zero attached hydrogens (tertiary/aromatic N) is 6. The molecule has 2 N–H and O–H groups in total. The van der Waals surface area contributed by atoms with Gasteiger partial charge in [-0.2, -0.15) is 4.37 Å². The number of anilines is 2. The lowest BCUT2D eigenvalue weighted by atomic mass is 9.98. The maximum atomic E-state index is 12.3. The normalized spacial score (nSPS) is 18.3. The second kappa shape index (κ2) is 7.77. The summed E-state index contributed by atoms with van der Waals surface area (Å²) in [4.78, 5) is 27.2. The number of hydrogen-bond acceptors (Lipinski definition) is 10. The minimum absolute atomic E-state index is 0.113. The molecule has 1 unspecified atom stereocenters. The fourth-order valence-corrected chi connectivity index (χ4v) is 4.13. The van der Waals surface area contributed by atoms with E-state index in [9.17, 15) is 9.90 Å². The van der Waals surface area contributed by atoms with E-state index in [-0.39, 0.29) is 12.2 Å². The van der Waals surface area contributed by atoms with Crippen molar-refractivity contribution in [1.82, 2.24) is 29.4 Å². The summed E-state index contributed by atoms with van der Waals surface area (Å²) in [6, 6.07) is 8.76. The van der Waals surface area contributed by atoms with Crippen LogP contribution in [-0.2, 0) is 10.4 Å². The van der Waals surface area contributed by atoms with Crippen LogP contribution in [-0.4, -0.2) is 54.0 Å². The summed E-state index contributed by atoms with van der Waals surface area (Å²) in [5.41, 5.74) is 2.23. The van der Waals surface area contributed by atoms with Gasteiger partial charge in [0.15, 0.2) is 5.76 Å². The Kier molecular flexibility index (Phi) is 4.91. The summed E-state index contributed by atoms with van der Waals surface area (Å²) < 4.78 is 9.57. The van der Waals surface area contributed by atoms with Crippen molar-refractivity contribution < 1.29 is 14.4 Å². The number of carbonyl (C=O) groups is 1. The zero-order valence-electron chi connectivity index (χ0n) is 17.3. The summed E-state index contributed by atoms with van der Waals surface area (Å²) >= 11 is 1.36. The highest BCUT2D eigenvalue weighted by molar-refractivity contribution is 7.04. The minimum atomic E-state index is -1.69. The minimum Gasteiger partial charge on any atom is -0.373 e. The highest BCUT2D eigenvalue weighted by Gasteiger charge is 2.48. The molecule has 10 nitrogen and oxygen atoms in total. The molecule has 0 radical (unpaired) electrons. The number of rotatable bonds is 5. The smallest absolute Gasteiger partial charge is 0.262 e. The molecule has 1 aliphatic rings. The van der Waals surface area contributed by atoms with Crippen LogP contribution >= 0.6 is 11.5 Å². The van der Waals surface area contributed by atoms with Gasteiger partial charge in [-0.05, 0) is 36.7 Å². The van der Waals surface area contributed by atoms with Crippen LogP contribution < -0.4 is 5.32 Å². The number of likely N-dealkylation sites (tertiary alicyclic amines) is 1. The van der Waals surface area contributed by atoms with E-state index >= 15 is 0 Å². The molecule has 5 heterocycles. The fourth-order valence-electron chi connectivity index (χ4n) is 3.49. The first-order chi connectivity index (χ1) is 15.4. The number of nitrogens with one attached hydrogen (secondary N) is 1. The molecule has 1 atom stereocenters. The number of amides is 1. The summed E-state index contributed by atoms with van der Waals surface area (Å²) in [5, 5.41) is 19.9. The van der Waals surface area contributed by atoms with Crippen LogP contribution in [0.3, 0.4) is 0 Å². The van der Waals surface area contributed by atoms with Crippen molar-refractivity contribution in [3.05, 3.63) is 53.4 Å². The van der Waals surface area contributed by atoms with Crippen LogP contribution in [0, 0.1) is 6.92 Å². The van der Waals surface area contributed by atoms with Gasteiger partial charge in [0.05, 0.1) is 28.5 Å². The summed E-state index contributed by atoms with van der Waals surface area (Å²) in [7, 11) is 1.64. The van der Waals surface area contributed by atoms with Gasteiger partial charge in [-0.1, -0.05) is 11.2 Å². The monoisotopic (exact) mass is 449 g/mol. The number of pyridine rings is 1. The predicted molar refractivity (Wildman–Crippen MR) is 117 cm³/mol. The Morgan fingerprint density at radius 3 is 2.69 bits per heavy atom. The lowest BCUT2D eigenvalue weighted by Crippen LogP contribution is -2.35. The number of aryl methyl sites for hydroxylation is 1. The molecule has 1 fully saturated rings. The molecule has 1 aliphatic heterocycles. The van der Waals surface area contributed by atoms with Gasteiger partial charge in [0, 0.05) is 37.7 Å². The SMILES string of the molecule is Cc1nscc1Nc1nccc(-c2cccc(-c3cc(C4(O)CCN(C)C4=O)on3)n2)n1. The third kappa shape index (κ3) is 3.51. The second-order valence-corrected chi connectivity index (χ2v) is 8.15. The van der Waals surface area contributed by atoms with Gasteiger partial charge in [0.2, 0.25) is 11.5 Å². The number of carbonyl (C=O) groups excluding carboxylic acids is 1. The number of hydrogen-bond donors (Lipinski definition) is 2. The highest BCUT2D eigenvalue weighted by Crippen LogP contribution is 2.34. The standard InChI is InChI=1S/C21H19N7O3S/c1-12-17(11-32-27-12)25-20-22-8-6-15(24-20)13-4-3-5-14(23-13)16-10-18(31-26-16)21(30)7-9-28(2)19(21)29/h3-6,8,10-11,30H,7,9H2,1-2H3,(H,22,24,25). The second-order valence-electron chi connectivity index (χ2n) is 7.53. The first-order valence-electron chi connectivity index (χ1n) is 9.88. The van der Waals surface area contributed by atoms with Crippen LogP contribution in [0.15, 0.2) is 46.4 Å². The van der Waals surface area contributed by atoms with E-state index in [1.807, 2.05) is 24.4 Å². The maximum Gasteiger partial charge on any atom is 0.262 e. The quantitative estimate of drug-likeness (QED) is 0.472. The number of aliphatic hydroxyl groups is 1. The first kappa shape index (κ1) is 20.2. The molecular weight excluding hydrogens is 430 g/mol. The summed E-state index contributed by atoms with van der Waals surface area (Å²) in [5.74, 6) is 0.147. The van der Waals surface area contributed by atoms with Gasteiger partial charge in [0.1, 0.15) is 5.69 Å². The van der Waals surface area contributed by atoms with Crippen LogP contribution in [0.4, 0.5) is 11.6 Å². The summed E-state index contributed by atoms with van der Waals surface area (Å²) in [6.07, 6.45) is 1.90. The van der Waals surface area contributed by atoms with E-state index in [1.54, 1.807) is 31.4 Å². The van der Waals surface area contributed by atoms with Gasteiger partial charge < -0.3 is 19.8 Å². The van der Waals surface area contributed by atoms with Gasteiger partial charge in [0.25, 0.3) is 5.91 Å². The Bertz CT molecular complexity index is 1300. The van der Waals surface area contributed by atoms with Crippen molar-refractivity contribution in [3.8, 4) is 22.8 Å². The molecule has 1 amide bonds. The zero-order chi connectivity index (χ0) is 22.3. The van der Waals surface area contributed by atoms with Crippen molar-refractivity contribution in [3.63, 3.8) is 0 Å². The van der Waals surface area contributed by atoms with Gasteiger partial charge in [-0.3, -0.25) is 4.79 Å². The van der Waals surface area contributed by atoms with Crippen LogP contribution in [0.1, 0.15) is 17.9 Å². The van der Waals surface area contributed by atoms with Gasteiger partial charge in [-0.25, -0.2) is 15.0 Å². The maximum absolute atomic E-state index is 12.3. The van der Waals surface area contributed by atoms with Crippen LogP contribution in [0.25, 0.3) is 22.8 Å². The molecule has 4 aromatic rings. The van der Waals surface area contributed by atoms with E-state index in [0.717, 1.165) is 11.4 Å². The molecule has 0 spiro atoms. The van der Waals surface area contributed by atoms with E-state index < -0.39 is 11.5 Å². The average molecular weight is 449 g/mol. The Balaban J connectivity index is 1.43. The van der Waals surface area contributed by atoms with Crippen molar-refractivity contribution in [1.29, 1.82) is 0 Å². The zero-order valence-corrected chi connectivity index (χ0v) is 18.1. The third-order valence-corrected chi connectivity index (χ3v) is 6.07. The van der Waals surface area contributed by atoms with E-state index in [4.69, 9.17) is 4.52 Å². The van der Waals surface area contributed by atoms with E-state index in [0.29, 0.717) is 35.3 Å². The third-order valence-electron chi connectivity index (χ3n) is 5.35. The lowest BCUT2D eigenvalue weighted by molar-refractivity contribution is -0.144. The predicted octanol–water partition coefficient (Wildman–Crippen LogP) is 2.75. The van der Waals surface area contributed by atoms with E-state index in [1.165, 1.54) is 16.4 Å². The Morgan fingerprint density at radius 2 is 1.97 bits per heavy atom. The number of likely N-dealkylation sites (N-methyl/N-ethyl adjacent to an activating group) is 1. The van der Waals surface area contributed by atoms with Gasteiger partial charge >= 0.3 is 0 Å². The molecule has 0 bridgehead atoms. The Morgan fingerprint density at radius 1 is 1.19 bits per heavy atom.